The minimum absolute atomic E-state index is 0.113. The van der Waals surface area contributed by atoms with Crippen LogP contribution in [0.3, 0.4) is 0 Å². The van der Waals surface area contributed by atoms with E-state index in [4.69, 9.17) is 0 Å². The molecule has 32 heavy (non-hydrogen) atoms. The van der Waals surface area contributed by atoms with E-state index in [-0.39, 0.29) is 23.5 Å². The quantitative estimate of drug-likeness (QED) is 0.442. The lowest BCUT2D eigenvalue weighted by Crippen LogP contribution is -2.17. The number of aryl methyl sites for hydroxylation is 1. The summed E-state index contributed by atoms with van der Waals surface area (Å²) in [4.78, 5) is 12.2. The number of anilines is 1. The van der Waals surface area contributed by atoms with Crippen LogP contribution in [0, 0.1) is 0 Å². The number of hydrogen-bond acceptors (Lipinski definition) is 2. The Morgan fingerprint density at radius 2 is 1.34 bits per heavy atom. The third kappa shape index (κ3) is 6.87. The fraction of sp³-hybridized carbons (Fsp3) is 0.269. The van der Waals surface area contributed by atoms with Crippen molar-refractivity contribution in [2.24, 2.45) is 0 Å². The van der Waals surface area contributed by atoms with Crippen LogP contribution >= 0.6 is 0 Å². The molecular formula is C26H26F3NO2. The number of carbonyl (C=O) groups excluding carboxylic acids is 1. The number of carbonyl (C=O) groups is 1. The number of alkyl halides is 3. The van der Waals surface area contributed by atoms with E-state index in [1.54, 1.807) is 0 Å². The Kier molecular flexibility index (Phi) is 6.92. The van der Waals surface area contributed by atoms with Gasteiger partial charge in [0.25, 0.3) is 0 Å². The van der Waals surface area contributed by atoms with Crippen molar-refractivity contribution in [1.82, 2.24) is 0 Å². The van der Waals surface area contributed by atoms with Gasteiger partial charge in [0.2, 0.25) is 5.91 Å². The third-order valence-electron chi connectivity index (χ3n) is 5.05. The van der Waals surface area contributed by atoms with Crippen LogP contribution in [0.2, 0.25) is 0 Å². The summed E-state index contributed by atoms with van der Waals surface area (Å²) in [5, 5.41) is 2.68. The highest BCUT2D eigenvalue weighted by Gasteiger charge is 2.30. The molecule has 1 amide bonds. The van der Waals surface area contributed by atoms with E-state index in [2.05, 4.69) is 55.1 Å². The molecule has 0 radical (unpaired) electrons. The Hall–Kier alpha value is -3.28. The van der Waals surface area contributed by atoms with E-state index in [9.17, 15) is 18.0 Å². The van der Waals surface area contributed by atoms with E-state index in [1.165, 1.54) is 17.7 Å². The van der Waals surface area contributed by atoms with Gasteiger partial charge >= 0.3 is 6.36 Å². The summed E-state index contributed by atoms with van der Waals surface area (Å²) >= 11 is 0. The molecule has 0 fully saturated rings. The van der Waals surface area contributed by atoms with E-state index < -0.39 is 6.36 Å². The molecule has 0 spiro atoms. The molecule has 3 nitrogen and oxygen atoms in total. The molecule has 0 bridgehead atoms. The molecule has 0 unspecified atom stereocenters. The number of benzene rings is 3. The van der Waals surface area contributed by atoms with Crippen LogP contribution in [0.15, 0.2) is 72.8 Å². The zero-order valence-corrected chi connectivity index (χ0v) is 18.3. The summed E-state index contributed by atoms with van der Waals surface area (Å²) in [6, 6.07) is 21.7. The lowest BCUT2D eigenvalue weighted by atomic mass is 9.86. The van der Waals surface area contributed by atoms with Gasteiger partial charge in [-0.15, -0.1) is 13.2 Å². The Labute approximate surface area is 186 Å². The van der Waals surface area contributed by atoms with Gasteiger partial charge < -0.3 is 10.1 Å². The van der Waals surface area contributed by atoms with Gasteiger partial charge in [0.1, 0.15) is 5.75 Å². The molecule has 0 saturated heterocycles. The molecule has 3 rings (SSSR count). The molecule has 1 N–H and O–H groups in total. The molecule has 0 aliphatic rings. The van der Waals surface area contributed by atoms with Crippen molar-refractivity contribution in [3.8, 4) is 16.9 Å². The first-order valence-corrected chi connectivity index (χ1v) is 10.4. The van der Waals surface area contributed by atoms with Gasteiger partial charge in [0.05, 0.1) is 0 Å². The molecule has 168 valence electrons. The molecule has 0 atom stereocenters. The monoisotopic (exact) mass is 441 g/mol. The van der Waals surface area contributed by atoms with Gasteiger partial charge in [-0.3, -0.25) is 4.79 Å². The maximum Gasteiger partial charge on any atom is 0.573 e. The van der Waals surface area contributed by atoms with Gasteiger partial charge in [0, 0.05) is 12.1 Å². The summed E-state index contributed by atoms with van der Waals surface area (Å²) in [6.07, 6.45) is -3.92. The largest absolute Gasteiger partial charge is 0.573 e. The Morgan fingerprint density at radius 3 is 1.84 bits per heavy atom. The van der Waals surface area contributed by atoms with Crippen molar-refractivity contribution in [3.05, 3.63) is 83.9 Å². The molecule has 0 aliphatic carbocycles. The normalized spacial score (nSPS) is 11.8. The van der Waals surface area contributed by atoms with Crippen LogP contribution in [-0.4, -0.2) is 12.3 Å². The molecule has 0 saturated carbocycles. The van der Waals surface area contributed by atoms with Crippen LogP contribution in [0.1, 0.15) is 38.3 Å². The lowest BCUT2D eigenvalue weighted by molar-refractivity contribution is -0.274. The number of nitrogens with one attached hydrogen (secondary N) is 1. The number of rotatable bonds is 6. The van der Waals surface area contributed by atoms with E-state index in [0.29, 0.717) is 12.1 Å². The Bertz CT molecular complexity index is 1030. The molecule has 6 heteroatoms. The number of hydrogen-bond donors (Lipinski definition) is 1. The standard InChI is InChI=1S/C26H26F3NO2/c1-25(2,3)21-11-9-20(10-12-21)19-7-4-18(5-8-19)6-17-24(31)30-22-13-15-23(16-14-22)32-26(27,28)29/h4-5,7-16H,6,17H2,1-3H3,(H,30,31). The van der Waals surface area contributed by atoms with Gasteiger partial charge in [-0.05, 0) is 58.4 Å². The van der Waals surface area contributed by atoms with Crippen molar-refractivity contribution in [2.45, 2.75) is 45.4 Å². The summed E-state index contributed by atoms with van der Waals surface area (Å²) in [5.74, 6) is -0.542. The molecule has 0 aromatic heterocycles. The van der Waals surface area contributed by atoms with Crippen LogP contribution in [0.25, 0.3) is 11.1 Å². The first-order chi connectivity index (χ1) is 15.0. The highest BCUT2D eigenvalue weighted by atomic mass is 19.4. The Morgan fingerprint density at radius 1 is 0.812 bits per heavy atom. The molecule has 3 aromatic rings. The molecule has 0 aliphatic heterocycles. The van der Waals surface area contributed by atoms with Crippen LogP contribution in [-0.2, 0) is 16.6 Å². The van der Waals surface area contributed by atoms with Crippen molar-refractivity contribution >= 4 is 11.6 Å². The minimum Gasteiger partial charge on any atom is -0.406 e. The van der Waals surface area contributed by atoms with Gasteiger partial charge in [-0.1, -0.05) is 69.3 Å². The second-order valence-electron chi connectivity index (χ2n) is 8.64. The summed E-state index contributed by atoms with van der Waals surface area (Å²) in [5.41, 5.74) is 5.09. The fourth-order valence-electron chi connectivity index (χ4n) is 3.25. The first kappa shape index (κ1) is 23.4. The van der Waals surface area contributed by atoms with Crippen molar-refractivity contribution in [3.63, 3.8) is 0 Å². The Balaban J connectivity index is 1.52. The van der Waals surface area contributed by atoms with Crippen molar-refractivity contribution < 1.29 is 22.7 Å². The summed E-state index contributed by atoms with van der Waals surface area (Å²) in [6.45, 7) is 6.55. The maximum atomic E-state index is 12.2. The van der Waals surface area contributed by atoms with E-state index in [1.807, 2.05) is 24.3 Å². The van der Waals surface area contributed by atoms with E-state index in [0.717, 1.165) is 28.8 Å². The third-order valence-corrected chi connectivity index (χ3v) is 5.05. The van der Waals surface area contributed by atoms with Gasteiger partial charge in [0.15, 0.2) is 0 Å². The number of halogens is 3. The van der Waals surface area contributed by atoms with Gasteiger partial charge in [-0.25, -0.2) is 0 Å². The van der Waals surface area contributed by atoms with E-state index >= 15 is 0 Å². The van der Waals surface area contributed by atoms with Crippen LogP contribution in [0.4, 0.5) is 18.9 Å². The zero-order chi connectivity index (χ0) is 23.4. The second-order valence-corrected chi connectivity index (χ2v) is 8.64. The van der Waals surface area contributed by atoms with Crippen molar-refractivity contribution in [1.29, 1.82) is 0 Å². The van der Waals surface area contributed by atoms with Crippen molar-refractivity contribution in [2.75, 3.05) is 5.32 Å². The first-order valence-electron chi connectivity index (χ1n) is 10.4. The number of amides is 1. The smallest absolute Gasteiger partial charge is 0.406 e. The SMILES string of the molecule is CC(C)(C)c1ccc(-c2ccc(CCC(=O)Nc3ccc(OC(F)(F)F)cc3)cc2)cc1. The van der Waals surface area contributed by atoms with Crippen LogP contribution < -0.4 is 10.1 Å². The second kappa shape index (κ2) is 9.47. The highest BCUT2D eigenvalue weighted by molar-refractivity contribution is 5.90. The number of ether oxygens (including phenoxy) is 1. The highest BCUT2D eigenvalue weighted by Crippen LogP contribution is 2.27. The average molecular weight is 441 g/mol. The molecular weight excluding hydrogens is 415 g/mol. The van der Waals surface area contributed by atoms with Gasteiger partial charge in [-0.2, -0.15) is 0 Å². The predicted octanol–water partition coefficient (Wildman–Crippen LogP) is 7.12. The predicted molar refractivity (Wildman–Crippen MR) is 121 cm³/mol. The lowest BCUT2D eigenvalue weighted by Gasteiger charge is -2.19. The average Bonchev–Trinajstić information content (AvgIpc) is 2.72. The fourth-order valence-corrected chi connectivity index (χ4v) is 3.25. The minimum atomic E-state index is -4.74. The summed E-state index contributed by atoms with van der Waals surface area (Å²) in [7, 11) is 0. The zero-order valence-electron chi connectivity index (χ0n) is 18.3. The maximum absolute atomic E-state index is 12.2. The summed E-state index contributed by atoms with van der Waals surface area (Å²) < 4.78 is 40.4. The van der Waals surface area contributed by atoms with Crippen LogP contribution in [0.5, 0.6) is 5.75 Å². The topological polar surface area (TPSA) is 38.3 Å². The molecule has 0 heterocycles. The molecule has 3 aromatic carbocycles.